The van der Waals surface area contributed by atoms with E-state index >= 15 is 0 Å². The Bertz CT molecular complexity index is 1230. The normalized spacial score (nSPS) is 11.0. The van der Waals surface area contributed by atoms with Gasteiger partial charge >= 0.3 is 0 Å². The molecule has 1 N–H and O–H groups in total. The van der Waals surface area contributed by atoms with Crippen molar-refractivity contribution in [1.29, 1.82) is 5.26 Å². The lowest BCUT2D eigenvalue weighted by molar-refractivity contribution is 0.102. The lowest BCUT2D eigenvalue weighted by atomic mass is 10.1. The third-order valence-corrected chi connectivity index (χ3v) is 5.31. The molecule has 6 heteroatoms. The monoisotopic (exact) mass is 408 g/mol. The first-order chi connectivity index (χ1) is 14.7. The Hall–Kier alpha value is -4.08. The number of carbonyl (C=O) groups is 1. The van der Waals surface area contributed by atoms with Gasteiger partial charge in [-0.2, -0.15) is 5.26 Å². The molecule has 2 aromatic carbocycles. The van der Waals surface area contributed by atoms with Crippen LogP contribution < -0.4 is 5.32 Å². The van der Waals surface area contributed by atoms with Crippen LogP contribution in [0.1, 0.15) is 20.9 Å². The maximum absolute atomic E-state index is 12.7. The van der Waals surface area contributed by atoms with Crippen molar-refractivity contribution in [2.45, 2.75) is 0 Å². The fourth-order valence-corrected chi connectivity index (χ4v) is 3.79. The van der Waals surface area contributed by atoms with Crippen molar-refractivity contribution < 1.29 is 4.79 Å². The molecule has 5 nitrogen and oxygen atoms in total. The Morgan fingerprint density at radius 2 is 1.63 bits per heavy atom. The number of pyridine rings is 1. The van der Waals surface area contributed by atoms with Crippen LogP contribution in [-0.4, -0.2) is 15.9 Å². The molecule has 0 spiro atoms. The number of hydrogen-bond acceptors (Lipinski definition) is 5. The van der Waals surface area contributed by atoms with Gasteiger partial charge < -0.3 is 5.32 Å². The fraction of sp³-hybridized carbons (Fsp3) is 0. The lowest BCUT2D eigenvalue weighted by Crippen LogP contribution is -2.11. The second-order valence-corrected chi connectivity index (χ2v) is 7.33. The summed E-state index contributed by atoms with van der Waals surface area (Å²) in [7, 11) is 0. The van der Waals surface area contributed by atoms with E-state index < -0.39 is 0 Å². The number of nitrogens with one attached hydrogen (secondary N) is 1. The van der Waals surface area contributed by atoms with Crippen LogP contribution in [-0.2, 0) is 0 Å². The molecule has 0 saturated carbocycles. The van der Waals surface area contributed by atoms with Crippen molar-refractivity contribution in [3.8, 4) is 17.3 Å². The van der Waals surface area contributed by atoms with Crippen LogP contribution in [0.5, 0.6) is 0 Å². The van der Waals surface area contributed by atoms with E-state index in [4.69, 9.17) is 4.98 Å². The highest BCUT2D eigenvalue weighted by molar-refractivity contribution is 7.17. The van der Waals surface area contributed by atoms with Gasteiger partial charge in [-0.15, -0.1) is 0 Å². The molecule has 2 aromatic heterocycles. The lowest BCUT2D eigenvalue weighted by Gasteiger charge is -2.05. The van der Waals surface area contributed by atoms with E-state index in [1.165, 1.54) is 11.3 Å². The molecular formula is C24H16N4OS. The molecule has 0 radical (unpaired) electrons. The van der Waals surface area contributed by atoms with Gasteiger partial charge in [0.1, 0.15) is 21.8 Å². The number of carbonyl (C=O) groups excluding carboxylic acids is 1. The number of rotatable bonds is 5. The van der Waals surface area contributed by atoms with E-state index in [9.17, 15) is 10.1 Å². The minimum atomic E-state index is -0.223. The molecule has 2 heterocycles. The first-order valence-electron chi connectivity index (χ1n) is 9.19. The number of hydrogen-bond donors (Lipinski definition) is 1. The molecule has 0 unspecified atom stereocenters. The molecular weight excluding hydrogens is 392 g/mol. The smallest absolute Gasteiger partial charge is 0.256 e. The zero-order valence-electron chi connectivity index (χ0n) is 15.8. The second-order valence-electron chi connectivity index (χ2n) is 6.33. The highest BCUT2D eigenvalue weighted by Crippen LogP contribution is 2.36. The Labute approximate surface area is 178 Å². The number of benzene rings is 2. The summed E-state index contributed by atoms with van der Waals surface area (Å²) in [6.45, 7) is 0. The van der Waals surface area contributed by atoms with E-state index in [-0.39, 0.29) is 5.91 Å². The van der Waals surface area contributed by atoms with Crippen molar-refractivity contribution >= 4 is 33.9 Å². The molecule has 1 amide bonds. The maximum Gasteiger partial charge on any atom is 0.256 e. The second kappa shape index (κ2) is 8.95. The van der Waals surface area contributed by atoms with Crippen LogP contribution in [0.2, 0.25) is 0 Å². The van der Waals surface area contributed by atoms with Crippen LogP contribution in [0.4, 0.5) is 5.00 Å². The van der Waals surface area contributed by atoms with Gasteiger partial charge in [-0.3, -0.25) is 9.78 Å². The summed E-state index contributed by atoms with van der Waals surface area (Å²) in [6.07, 6.45) is 5.10. The number of nitriles is 1. The predicted molar refractivity (Wildman–Crippen MR) is 120 cm³/mol. The standard InChI is InChI=1S/C24H16N4OS/c25-16-20(15-17-11-13-26-14-12-17)23-27-21(18-7-3-1-4-8-18)24(30-23)28-22(29)19-9-5-2-6-10-19/h1-15H,(H,28,29)/b20-15+. The van der Waals surface area contributed by atoms with Gasteiger partial charge in [-0.05, 0) is 35.9 Å². The average Bonchev–Trinajstić information content (AvgIpc) is 3.22. The van der Waals surface area contributed by atoms with Gasteiger partial charge in [0, 0.05) is 23.5 Å². The van der Waals surface area contributed by atoms with Gasteiger partial charge in [0.05, 0.1) is 5.57 Å². The number of anilines is 1. The van der Waals surface area contributed by atoms with Crippen molar-refractivity contribution in [2.75, 3.05) is 5.32 Å². The van der Waals surface area contributed by atoms with Crippen LogP contribution in [0.25, 0.3) is 22.9 Å². The Morgan fingerprint density at radius 3 is 2.30 bits per heavy atom. The molecule has 0 bridgehead atoms. The van der Waals surface area contributed by atoms with E-state index in [0.29, 0.717) is 26.8 Å². The number of amides is 1. The Morgan fingerprint density at radius 1 is 0.967 bits per heavy atom. The average molecular weight is 408 g/mol. The fourth-order valence-electron chi connectivity index (χ4n) is 2.84. The Balaban J connectivity index is 1.75. The van der Waals surface area contributed by atoms with Gasteiger partial charge in [-0.1, -0.05) is 59.9 Å². The van der Waals surface area contributed by atoms with Gasteiger partial charge in [0.2, 0.25) is 0 Å². The van der Waals surface area contributed by atoms with Crippen molar-refractivity contribution in [3.63, 3.8) is 0 Å². The first-order valence-corrected chi connectivity index (χ1v) is 10.0. The third kappa shape index (κ3) is 4.32. The van der Waals surface area contributed by atoms with Crippen LogP contribution in [0.3, 0.4) is 0 Å². The first kappa shape index (κ1) is 19.2. The minimum Gasteiger partial charge on any atom is -0.312 e. The highest BCUT2D eigenvalue weighted by Gasteiger charge is 2.18. The molecule has 144 valence electrons. The topological polar surface area (TPSA) is 78.7 Å². The number of allylic oxidation sites excluding steroid dienone is 1. The molecule has 0 aliphatic carbocycles. The molecule has 0 aliphatic rings. The predicted octanol–water partition coefficient (Wildman–Crippen LogP) is 5.52. The number of aromatic nitrogens is 2. The summed E-state index contributed by atoms with van der Waals surface area (Å²) in [5.74, 6) is -0.223. The van der Waals surface area contributed by atoms with Crippen molar-refractivity contribution in [2.24, 2.45) is 0 Å². The van der Waals surface area contributed by atoms with Crippen molar-refractivity contribution in [1.82, 2.24) is 9.97 Å². The SMILES string of the molecule is N#C/C(=C\c1ccncc1)c1nc(-c2ccccc2)c(NC(=O)c2ccccc2)s1. The largest absolute Gasteiger partial charge is 0.312 e. The van der Waals surface area contributed by atoms with Gasteiger partial charge in [0.15, 0.2) is 0 Å². The number of thiazole rings is 1. The summed E-state index contributed by atoms with van der Waals surface area (Å²) < 4.78 is 0. The molecule has 4 aromatic rings. The van der Waals surface area contributed by atoms with Gasteiger partial charge in [-0.25, -0.2) is 4.98 Å². The van der Waals surface area contributed by atoms with Crippen LogP contribution >= 0.6 is 11.3 Å². The summed E-state index contributed by atoms with van der Waals surface area (Å²) in [5.41, 5.74) is 3.33. The molecule has 0 fully saturated rings. The summed E-state index contributed by atoms with van der Waals surface area (Å²) in [6, 6.07) is 24.5. The highest BCUT2D eigenvalue weighted by atomic mass is 32.1. The van der Waals surface area contributed by atoms with Crippen molar-refractivity contribution in [3.05, 3.63) is 101 Å². The zero-order valence-corrected chi connectivity index (χ0v) is 16.6. The quantitative estimate of drug-likeness (QED) is 0.441. The molecule has 4 rings (SSSR count). The molecule has 0 aliphatic heterocycles. The molecule has 30 heavy (non-hydrogen) atoms. The molecule has 0 atom stereocenters. The van der Waals surface area contributed by atoms with E-state index in [2.05, 4.69) is 16.4 Å². The van der Waals surface area contributed by atoms with Gasteiger partial charge in [0.25, 0.3) is 5.91 Å². The zero-order chi connectivity index (χ0) is 20.8. The maximum atomic E-state index is 12.7. The number of nitrogens with zero attached hydrogens (tertiary/aromatic N) is 3. The minimum absolute atomic E-state index is 0.223. The Kier molecular flexibility index (Phi) is 5.74. The van der Waals surface area contributed by atoms with Crippen LogP contribution in [0.15, 0.2) is 85.2 Å². The summed E-state index contributed by atoms with van der Waals surface area (Å²) in [4.78, 5) is 21.4. The van der Waals surface area contributed by atoms with E-state index in [0.717, 1.165) is 11.1 Å². The summed E-state index contributed by atoms with van der Waals surface area (Å²) in [5, 5.41) is 13.8. The van der Waals surface area contributed by atoms with E-state index in [1.54, 1.807) is 30.6 Å². The summed E-state index contributed by atoms with van der Waals surface area (Å²) >= 11 is 1.28. The van der Waals surface area contributed by atoms with Crippen LogP contribution in [0, 0.1) is 11.3 Å². The molecule has 0 saturated heterocycles. The third-order valence-electron chi connectivity index (χ3n) is 4.31. The van der Waals surface area contributed by atoms with E-state index in [1.807, 2.05) is 60.7 Å².